The molecule has 1 aliphatic heterocycles. The van der Waals surface area contributed by atoms with Crippen molar-refractivity contribution in [3.8, 4) is 0 Å². The highest BCUT2D eigenvalue weighted by atomic mass is 16.4. The van der Waals surface area contributed by atoms with Crippen LogP contribution in [0.1, 0.15) is 38.4 Å². The maximum absolute atomic E-state index is 10.9. The van der Waals surface area contributed by atoms with E-state index in [0.29, 0.717) is 6.54 Å². The van der Waals surface area contributed by atoms with Gasteiger partial charge < -0.3 is 5.11 Å². The second-order valence-electron chi connectivity index (χ2n) is 4.71. The molecule has 2 heterocycles. The third-order valence-corrected chi connectivity index (χ3v) is 3.50. The predicted octanol–water partition coefficient (Wildman–Crippen LogP) is 1.13. The number of aryl methyl sites for hydroxylation is 1. The number of aliphatic carboxylic acids is 1. The third-order valence-electron chi connectivity index (χ3n) is 3.50. The Kier molecular flexibility index (Phi) is 4.30. The van der Waals surface area contributed by atoms with Crippen LogP contribution in [0.15, 0.2) is 6.33 Å². The minimum atomic E-state index is -0.719. The van der Waals surface area contributed by atoms with E-state index in [9.17, 15) is 4.79 Å². The van der Waals surface area contributed by atoms with Crippen LogP contribution in [0, 0.1) is 0 Å². The number of carboxylic acid groups (broad SMARTS) is 1. The van der Waals surface area contributed by atoms with Crippen molar-refractivity contribution in [2.45, 2.75) is 51.7 Å². The molecule has 1 N–H and O–H groups in total. The van der Waals surface area contributed by atoms with Crippen LogP contribution < -0.4 is 0 Å². The molecule has 1 saturated heterocycles. The lowest BCUT2D eigenvalue weighted by atomic mass is 9.99. The first kappa shape index (κ1) is 13.0. The highest BCUT2D eigenvalue weighted by Crippen LogP contribution is 2.21. The summed E-state index contributed by atoms with van der Waals surface area (Å²) in [6.07, 6.45) is 5.01. The molecular formula is C12H20N4O2. The lowest BCUT2D eigenvalue weighted by molar-refractivity contribution is -0.138. The molecule has 0 saturated carbocycles. The average molecular weight is 252 g/mol. The van der Waals surface area contributed by atoms with Crippen molar-refractivity contribution >= 4 is 5.97 Å². The standard InChI is InChI=1S/C12H20N4O2/c1-2-16-11(13-9-14-16)8-15-6-4-3-5-10(15)7-12(17)18/h9-10H,2-8H2,1H3,(H,17,18). The Morgan fingerprint density at radius 2 is 2.39 bits per heavy atom. The molecule has 18 heavy (non-hydrogen) atoms. The molecule has 1 aromatic heterocycles. The zero-order chi connectivity index (χ0) is 13.0. The van der Waals surface area contributed by atoms with E-state index in [4.69, 9.17) is 5.11 Å². The van der Waals surface area contributed by atoms with Crippen LogP contribution in [-0.2, 0) is 17.9 Å². The lowest BCUT2D eigenvalue weighted by Crippen LogP contribution is -2.40. The molecule has 0 spiro atoms. The number of likely N-dealkylation sites (tertiary alicyclic amines) is 1. The van der Waals surface area contributed by atoms with Crippen LogP contribution in [0.2, 0.25) is 0 Å². The van der Waals surface area contributed by atoms with Gasteiger partial charge in [-0.05, 0) is 26.3 Å². The summed E-state index contributed by atoms with van der Waals surface area (Å²) in [6, 6.07) is 0.137. The average Bonchev–Trinajstić information content (AvgIpc) is 2.78. The molecule has 1 unspecified atom stereocenters. The first-order valence-electron chi connectivity index (χ1n) is 6.53. The molecule has 1 fully saturated rings. The van der Waals surface area contributed by atoms with E-state index < -0.39 is 5.97 Å². The lowest BCUT2D eigenvalue weighted by Gasteiger charge is -2.34. The number of hydrogen-bond donors (Lipinski definition) is 1. The van der Waals surface area contributed by atoms with Crippen LogP contribution in [0.25, 0.3) is 0 Å². The van der Waals surface area contributed by atoms with Crippen LogP contribution >= 0.6 is 0 Å². The van der Waals surface area contributed by atoms with Gasteiger partial charge in [0.1, 0.15) is 12.2 Å². The maximum atomic E-state index is 10.9. The monoisotopic (exact) mass is 252 g/mol. The number of hydrogen-bond acceptors (Lipinski definition) is 4. The summed E-state index contributed by atoms with van der Waals surface area (Å²) in [5.41, 5.74) is 0. The number of rotatable bonds is 5. The second kappa shape index (κ2) is 5.95. The molecular weight excluding hydrogens is 232 g/mol. The molecule has 0 aromatic carbocycles. The van der Waals surface area contributed by atoms with Crippen LogP contribution in [0.4, 0.5) is 0 Å². The topological polar surface area (TPSA) is 71.2 Å². The molecule has 1 atom stereocenters. The number of carbonyl (C=O) groups is 1. The molecule has 0 amide bonds. The highest BCUT2D eigenvalue weighted by molar-refractivity contribution is 5.67. The summed E-state index contributed by atoms with van der Waals surface area (Å²) in [6.45, 7) is 4.48. The molecule has 6 heteroatoms. The van der Waals surface area contributed by atoms with Gasteiger partial charge in [-0.3, -0.25) is 9.69 Å². The van der Waals surface area contributed by atoms with E-state index in [0.717, 1.165) is 38.2 Å². The highest BCUT2D eigenvalue weighted by Gasteiger charge is 2.25. The quantitative estimate of drug-likeness (QED) is 0.850. The summed E-state index contributed by atoms with van der Waals surface area (Å²) >= 11 is 0. The van der Waals surface area contributed by atoms with E-state index in [1.807, 2.05) is 11.6 Å². The summed E-state index contributed by atoms with van der Waals surface area (Å²) in [5, 5.41) is 13.1. The van der Waals surface area contributed by atoms with Gasteiger partial charge in [0.2, 0.25) is 0 Å². The SMILES string of the molecule is CCn1ncnc1CN1CCCCC1CC(=O)O. The van der Waals surface area contributed by atoms with E-state index in [2.05, 4.69) is 15.0 Å². The molecule has 6 nitrogen and oxygen atoms in total. The van der Waals surface area contributed by atoms with Crippen molar-refractivity contribution in [1.29, 1.82) is 0 Å². The van der Waals surface area contributed by atoms with Crippen molar-refractivity contribution < 1.29 is 9.90 Å². The van der Waals surface area contributed by atoms with E-state index >= 15 is 0 Å². The molecule has 0 radical (unpaired) electrons. The molecule has 0 aliphatic carbocycles. The Balaban J connectivity index is 2.03. The van der Waals surface area contributed by atoms with Crippen LogP contribution in [-0.4, -0.2) is 43.3 Å². The largest absolute Gasteiger partial charge is 0.481 e. The number of carboxylic acids is 1. The minimum absolute atomic E-state index is 0.137. The van der Waals surface area contributed by atoms with Crippen molar-refractivity contribution in [1.82, 2.24) is 19.7 Å². The van der Waals surface area contributed by atoms with Gasteiger partial charge in [0.25, 0.3) is 0 Å². The number of piperidine rings is 1. The van der Waals surface area contributed by atoms with Gasteiger partial charge in [0.15, 0.2) is 0 Å². The summed E-state index contributed by atoms with van der Waals surface area (Å²) in [7, 11) is 0. The van der Waals surface area contributed by atoms with E-state index in [1.165, 1.54) is 0 Å². The van der Waals surface area contributed by atoms with Gasteiger partial charge in [-0.2, -0.15) is 5.10 Å². The normalized spacial score (nSPS) is 21.1. The van der Waals surface area contributed by atoms with Crippen molar-refractivity contribution in [2.24, 2.45) is 0 Å². The van der Waals surface area contributed by atoms with Gasteiger partial charge in [-0.15, -0.1) is 0 Å². The van der Waals surface area contributed by atoms with Gasteiger partial charge in [0.05, 0.1) is 13.0 Å². The van der Waals surface area contributed by atoms with Crippen molar-refractivity contribution in [3.05, 3.63) is 12.2 Å². The molecule has 2 rings (SSSR count). The molecule has 100 valence electrons. The Hall–Kier alpha value is -1.43. The van der Waals surface area contributed by atoms with Crippen LogP contribution in [0.5, 0.6) is 0 Å². The summed E-state index contributed by atoms with van der Waals surface area (Å²) in [4.78, 5) is 17.4. The fraction of sp³-hybridized carbons (Fsp3) is 0.750. The molecule has 0 bridgehead atoms. The van der Waals surface area contributed by atoms with Gasteiger partial charge in [0, 0.05) is 12.6 Å². The maximum Gasteiger partial charge on any atom is 0.304 e. The Bertz CT molecular complexity index is 405. The van der Waals surface area contributed by atoms with Gasteiger partial charge in [-0.25, -0.2) is 9.67 Å². The summed E-state index contributed by atoms with van der Waals surface area (Å²) < 4.78 is 1.87. The molecule has 1 aromatic rings. The predicted molar refractivity (Wildman–Crippen MR) is 66.0 cm³/mol. The van der Waals surface area contributed by atoms with E-state index in [1.54, 1.807) is 6.33 Å². The van der Waals surface area contributed by atoms with E-state index in [-0.39, 0.29) is 12.5 Å². The molecule has 1 aliphatic rings. The number of aromatic nitrogens is 3. The van der Waals surface area contributed by atoms with Crippen molar-refractivity contribution in [3.63, 3.8) is 0 Å². The summed E-state index contributed by atoms with van der Waals surface area (Å²) in [5.74, 6) is 0.207. The second-order valence-corrected chi connectivity index (χ2v) is 4.71. The third kappa shape index (κ3) is 3.07. The van der Waals surface area contributed by atoms with Crippen LogP contribution in [0.3, 0.4) is 0 Å². The Labute approximate surface area is 107 Å². The van der Waals surface area contributed by atoms with Crippen molar-refractivity contribution in [2.75, 3.05) is 6.54 Å². The minimum Gasteiger partial charge on any atom is -0.481 e. The zero-order valence-electron chi connectivity index (χ0n) is 10.7. The Morgan fingerprint density at radius 1 is 1.56 bits per heavy atom. The fourth-order valence-corrected chi connectivity index (χ4v) is 2.56. The zero-order valence-corrected chi connectivity index (χ0v) is 10.7. The fourth-order valence-electron chi connectivity index (χ4n) is 2.56. The first-order chi connectivity index (χ1) is 8.70. The first-order valence-corrected chi connectivity index (χ1v) is 6.53. The Morgan fingerprint density at radius 3 is 3.11 bits per heavy atom. The smallest absolute Gasteiger partial charge is 0.304 e. The number of nitrogens with zero attached hydrogens (tertiary/aromatic N) is 4. The van der Waals surface area contributed by atoms with Gasteiger partial charge >= 0.3 is 5.97 Å². The van der Waals surface area contributed by atoms with Gasteiger partial charge in [-0.1, -0.05) is 6.42 Å².